The Bertz CT molecular complexity index is 524. The lowest BCUT2D eigenvalue weighted by molar-refractivity contribution is -0.0531. The molecule has 21 heavy (non-hydrogen) atoms. The first-order valence-corrected chi connectivity index (χ1v) is 9.02. The third-order valence-electron chi connectivity index (χ3n) is 6.86. The monoisotopic (exact) mass is 285 g/mol. The lowest BCUT2D eigenvalue weighted by Gasteiger charge is -2.56. The van der Waals surface area contributed by atoms with Crippen molar-refractivity contribution in [3.05, 3.63) is 17.2 Å². The number of imidazole rings is 1. The molecule has 4 bridgehead atoms. The molecule has 5 aliphatic carbocycles. The SMILES string of the molecule is NC1CCCc2[nH]c(CC34CC5CC(CC(C5)C3)C4)nc21. The fraction of sp³-hybridized carbons (Fsp3) is 0.833. The number of aromatic nitrogens is 2. The molecule has 0 aromatic carbocycles. The minimum Gasteiger partial charge on any atom is -0.346 e. The van der Waals surface area contributed by atoms with E-state index in [9.17, 15) is 0 Å². The second kappa shape index (κ2) is 4.34. The van der Waals surface area contributed by atoms with E-state index >= 15 is 0 Å². The summed E-state index contributed by atoms with van der Waals surface area (Å²) < 4.78 is 0. The Kier molecular flexibility index (Phi) is 2.62. The largest absolute Gasteiger partial charge is 0.346 e. The molecule has 3 nitrogen and oxygen atoms in total. The van der Waals surface area contributed by atoms with Gasteiger partial charge in [-0.2, -0.15) is 0 Å². The molecule has 1 atom stereocenters. The number of nitrogens with two attached hydrogens (primary N) is 1. The number of hydrogen-bond donors (Lipinski definition) is 2. The molecule has 1 heterocycles. The van der Waals surface area contributed by atoms with Crippen LogP contribution in [0.4, 0.5) is 0 Å². The lowest BCUT2D eigenvalue weighted by Crippen LogP contribution is -2.47. The van der Waals surface area contributed by atoms with Crippen LogP contribution >= 0.6 is 0 Å². The molecule has 5 aliphatic rings. The second-order valence-corrected chi connectivity index (χ2v) is 8.64. The van der Waals surface area contributed by atoms with Crippen LogP contribution in [-0.4, -0.2) is 9.97 Å². The van der Waals surface area contributed by atoms with Crippen LogP contribution in [0, 0.1) is 23.2 Å². The van der Waals surface area contributed by atoms with E-state index in [-0.39, 0.29) is 6.04 Å². The van der Waals surface area contributed by atoms with Crippen molar-refractivity contribution in [2.75, 3.05) is 0 Å². The quantitative estimate of drug-likeness (QED) is 0.873. The standard InChI is InChI=1S/C18H27N3/c19-14-2-1-3-15-17(14)21-16(20-15)10-18-7-11-4-12(8-18)6-13(5-11)9-18/h11-14H,1-10,19H2,(H,20,21). The molecule has 114 valence electrons. The molecule has 0 saturated heterocycles. The number of aromatic amines is 1. The van der Waals surface area contributed by atoms with Gasteiger partial charge in [0.05, 0.1) is 5.69 Å². The van der Waals surface area contributed by atoms with Crippen molar-refractivity contribution >= 4 is 0 Å². The van der Waals surface area contributed by atoms with Gasteiger partial charge in [0, 0.05) is 18.2 Å². The van der Waals surface area contributed by atoms with E-state index in [1.165, 1.54) is 68.6 Å². The molecule has 4 saturated carbocycles. The van der Waals surface area contributed by atoms with Gasteiger partial charge >= 0.3 is 0 Å². The average molecular weight is 285 g/mol. The van der Waals surface area contributed by atoms with E-state index in [1.807, 2.05) is 0 Å². The number of aryl methyl sites for hydroxylation is 1. The summed E-state index contributed by atoms with van der Waals surface area (Å²) in [6.07, 6.45) is 13.6. The molecular weight excluding hydrogens is 258 g/mol. The molecule has 1 unspecified atom stereocenters. The maximum atomic E-state index is 6.24. The zero-order valence-electron chi connectivity index (χ0n) is 12.9. The highest BCUT2D eigenvalue weighted by molar-refractivity contribution is 5.22. The highest BCUT2D eigenvalue weighted by Gasteiger charge is 2.51. The van der Waals surface area contributed by atoms with Crippen LogP contribution in [-0.2, 0) is 12.8 Å². The van der Waals surface area contributed by atoms with Crippen LogP contribution in [0.5, 0.6) is 0 Å². The van der Waals surface area contributed by atoms with Crippen LogP contribution in [0.2, 0.25) is 0 Å². The summed E-state index contributed by atoms with van der Waals surface area (Å²) in [5.74, 6) is 4.34. The predicted molar refractivity (Wildman–Crippen MR) is 82.8 cm³/mol. The first kappa shape index (κ1) is 12.7. The third-order valence-corrected chi connectivity index (χ3v) is 6.86. The summed E-state index contributed by atoms with van der Waals surface area (Å²) >= 11 is 0. The number of nitrogens with zero attached hydrogens (tertiary/aromatic N) is 1. The van der Waals surface area contributed by atoms with Crippen LogP contribution in [0.1, 0.15) is 74.6 Å². The van der Waals surface area contributed by atoms with E-state index in [4.69, 9.17) is 10.7 Å². The zero-order chi connectivity index (χ0) is 14.0. The van der Waals surface area contributed by atoms with Gasteiger partial charge in [-0.25, -0.2) is 4.98 Å². The molecule has 1 aromatic rings. The summed E-state index contributed by atoms with van der Waals surface area (Å²) in [6.45, 7) is 0. The zero-order valence-corrected chi connectivity index (χ0v) is 12.9. The Morgan fingerprint density at radius 2 is 1.76 bits per heavy atom. The molecular formula is C18H27N3. The summed E-state index contributed by atoms with van der Waals surface area (Å²) in [5.41, 5.74) is 9.34. The van der Waals surface area contributed by atoms with Crippen molar-refractivity contribution in [2.24, 2.45) is 28.9 Å². The van der Waals surface area contributed by atoms with Gasteiger partial charge in [-0.05, 0) is 81.0 Å². The summed E-state index contributed by atoms with van der Waals surface area (Å²) in [6, 6.07) is 0.176. The van der Waals surface area contributed by atoms with Crippen LogP contribution in [0.25, 0.3) is 0 Å². The summed E-state index contributed by atoms with van der Waals surface area (Å²) in [7, 11) is 0. The predicted octanol–water partition coefficient (Wildman–Crippen LogP) is 3.50. The van der Waals surface area contributed by atoms with Gasteiger partial charge < -0.3 is 10.7 Å². The van der Waals surface area contributed by atoms with Crippen LogP contribution in [0.3, 0.4) is 0 Å². The van der Waals surface area contributed by atoms with E-state index in [0.717, 1.165) is 30.6 Å². The van der Waals surface area contributed by atoms with Gasteiger partial charge in [0.2, 0.25) is 0 Å². The Hall–Kier alpha value is -0.830. The average Bonchev–Trinajstić information content (AvgIpc) is 2.80. The lowest BCUT2D eigenvalue weighted by atomic mass is 9.49. The first-order valence-electron chi connectivity index (χ1n) is 9.02. The van der Waals surface area contributed by atoms with Crippen LogP contribution in [0.15, 0.2) is 0 Å². The number of H-pyrrole nitrogens is 1. The van der Waals surface area contributed by atoms with E-state index in [0.29, 0.717) is 5.41 Å². The Morgan fingerprint density at radius 1 is 1.10 bits per heavy atom. The molecule has 0 amide bonds. The maximum Gasteiger partial charge on any atom is 0.107 e. The van der Waals surface area contributed by atoms with Gasteiger partial charge in [0.25, 0.3) is 0 Å². The fourth-order valence-electron chi connectivity index (χ4n) is 6.56. The summed E-state index contributed by atoms with van der Waals surface area (Å²) in [4.78, 5) is 8.58. The number of fused-ring (bicyclic) bond motifs is 1. The normalized spacial score (nSPS) is 44.0. The first-order chi connectivity index (χ1) is 10.2. The van der Waals surface area contributed by atoms with Crippen molar-refractivity contribution in [3.63, 3.8) is 0 Å². The topological polar surface area (TPSA) is 54.7 Å². The Morgan fingerprint density at radius 3 is 2.38 bits per heavy atom. The molecule has 6 rings (SSSR count). The van der Waals surface area contributed by atoms with Crippen molar-refractivity contribution in [2.45, 2.75) is 70.3 Å². The number of rotatable bonds is 2. The maximum absolute atomic E-state index is 6.24. The van der Waals surface area contributed by atoms with Gasteiger partial charge in [-0.1, -0.05) is 0 Å². The van der Waals surface area contributed by atoms with Gasteiger partial charge in [-0.3, -0.25) is 0 Å². The molecule has 0 radical (unpaired) electrons. The number of nitrogens with one attached hydrogen (secondary N) is 1. The number of hydrogen-bond acceptors (Lipinski definition) is 2. The molecule has 3 heteroatoms. The smallest absolute Gasteiger partial charge is 0.107 e. The second-order valence-electron chi connectivity index (χ2n) is 8.64. The van der Waals surface area contributed by atoms with E-state index < -0.39 is 0 Å². The highest BCUT2D eigenvalue weighted by Crippen LogP contribution is 2.60. The van der Waals surface area contributed by atoms with Crippen LogP contribution < -0.4 is 5.73 Å². The molecule has 3 N–H and O–H groups in total. The van der Waals surface area contributed by atoms with E-state index in [2.05, 4.69) is 4.98 Å². The molecule has 1 aromatic heterocycles. The molecule has 0 spiro atoms. The minimum atomic E-state index is 0.176. The van der Waals surface area contributed by atoms with Crippen molar-refractivity contribution in [1.82, 2.24) is 9.97 Å². The Labute approximate surface area is 127 Å². The molecule has 0 aliphatic heterocycles. The third kappa shape index (κ3) is 2.00. The fourth-order valence-corrected chi connectivity index (χ4v) is 6.56. The Balaban J connectivity index is 1.42. The molecule has 4 fully saturated rings. The van der Waals surface area contributed by atoms with Crippen molar-refractivity contribution in [3.8, 4) is 0 Å². The van der Waals surface area contributed by atoms with E-state index in [1.54, 1.807) is 0 Å². The minimum absolute atomic E-state index is 0.176. The van der Waals surface area contributed by atoms with Gasteiger partial charge in [-0.15, -0.1) is 0 Å². The van der Waals surface area contributed by atoms with Crippen molar-refractivity contribution in [1.29, 1.82) is 0 Å². The summed E-state index contributed by atoms with van der Waals surface area (Å²) in [5, 5.41) is 0. The van der Waals surface area contributed by atoms with Crippen molar-refractivity contribution < 1.29 is 0 Å². The van der Waals surface area contributed by atoms with Gasteiger partial charge in [0.1, 0.15) is 5.82 Å². The van der Waals surface area contributed by atoms with Gasteiger partial charge in [0.15, 0.2) is 0 Å². The highest BCUT2D eigenvalue weighted by atomic mass is 15.0.